The van der Waals surface area contributed by atoms with Crippen LogP contribution in [0.1, 0.15) is 10.4 Å². The maximum Gasteiger partial charge on any atom is 0.125 e. The van der Waals surface area contributed by atoms with Crippen LogP contribution in [0.3, 0.4) is 0 Å². The van der Waals surface area contributed by atoms with Crippen molar-refractivity contribution in [2.24, 2.45) is 0 Å². The molecule has 3 aromatic rings. The molecule has 0 saturated heterocycles. The van der Waals surface area contributed by atoms with Crippen molar-refractivity contribution in [2.75, 3.05) is 6.61 Å². The van der Waals surface area contributed by atoms with Crippen molar-refractivity contribution in [3.05, 3.63) is 64.4 Å². The summed E-state index contributed by atoms with van der Waals surface area (Å²) in [6, 6.07) is 16.2. The van der Waals surface area contributed by atoms with Crippen LogP contribution in [0.5, 0.6) is 5.75 Å². The Morgan fingerprint density at radius 1 is 1.00 bits per heavy atom. The molecule has 0 spiro atoms. The van der Waals surface area contributed by atoms with Crippen molar-refractivity contribution in [3.63, 3.8) is 0 Å². The van der Waals surface area contributed by atoms with Crippen molar-refractivity contribution in [1.29, 1.82) is 0 Å². The van der Waals surface area contributed by atoms with Crippen molar-refractivity contribution >= 4 is 22.1 Å². The van der Waals surface area contributed by atoms with Gasteiger partial charge in [-0.3, -0.25) is 0 Å². The summed E-state index contributed by atoms with van der Waals surface area (Å²) in [5, 5.41) is 13.9. The Morgan fingerprint density at radius 2 is 1.90 bits per heavy atom. The summed E-state index contributed by atoms with van der Waals surface area (Å²) in [6.07, 6.45) is 0.898. The first-order valence-electron chi connectivity index (χ1n) is 6.65. The predicted octanol–water partition coefficient (Wildman–Crippen LogP) is 4.02. The molecule has 3 heteroatoms. The van der Waals surface area contributed by atoms with E-state index in [9.17, 15) is 5.11 Å². The van der Waals surface area contributed by atoms with E-state index in [1.54, 1.807) is 11.3 Å². The van der Waals surface area contributed by atoms with Gasteiger partial charge in [-0.25, -0.2) is 0 Å². The number of aliphatic hydroxyl groups excluding tert-OH is 1. The Bertz CT molecular complexity index is 689. The summed E-state index contributed by atoms with van der Waals surface area (Å²) in [4.78, 5) is 1.32. The monoisotopic (exact) mass is 284 g/mol. The Kier molecular flexibility index (Phi) is 4.00. The predicted molar refractivity (Wildman–Crippen MR) is 83.4 cm³/mol. The van der Waals surface area contributed by atoms with Gasteiger partial charge in [0.1, 0.15) is 5.75 Å². The van der Waals surface area contributed by atoms with E-state index in [0.29, 0.717) is 6.61 Å². The molecule has 1 N–H and O–H groups in total. The minimum atomic E-state index is -0.00428. The van der Waals surface area contributed by atoms with E-state index < -0.39 is 0 Å². The third-order valence-corrected chi connectivity index (χ3v) is 4.28. The second kappa shape index (κ2) is 6.07. The van der Waals surface area contributed by atoms with Gasteiger partial charge in [-0.1, -0.05) is 36.4 Å². The lowest BCUT2D eigenvalue weighted by molar-refractivity contribution is 0.266. The summed E-state index contributed by atoms with van der Waals surface area (Å²) in [7, 11) is 0. The van der Waals surface area contributed by atoms with Gasteiger partial charge in [-0.2, -0.15) is 0 Å². The number of fused-ring (bicyclic) bond motifs is 1. The Balaban J connectivity index is 1.80. The summed E-state index contributed by atoms with van der Waals surface area (Å²) >= 11 is 1.74. The smallest absolute Gasteiger partial charge is 0.125 e. The molecule has 2 nitrogen and oxygen atoms in total. The van der Waals surface area contributed by atoms with Crippen molar-refractivity contribution < 1.29 is 9.84 Å². The van der Waals surface area contributed by atoms with Crippen LogP contribution in [0.25, 0.3) is 10.8 Å². The number of rotatable bonds is 5. The Hall–Kier alpha value is -1.84. The summed E-state index contributed by atoms with van der Waals surface area (Å²) in [6.45, 7) is 0.627. The van der Waals surface area contributed by atoms with Gasteiger partial charge >= 0.3 is 0 Å². The lowest BCUT2D eigenvalue weighted by Crippen LogP contribution is -2.03. The molecule has 2 aromatic carbocycles. The van der Waals surface area contributed by atoms with E-state index in [1.165, 1.54) is 4.88 Å². The van der Waals surface area contributed by atoms with Gasteiger partial charge in [0.25, 0.3) is 0 Å². The van der Waals surface area contributed by atoms with Gasteiger partial charge in [0.2, 0.25) is 0 Å². The zero-order valence-electron chi connectivity index (χ0n) is 11.1. The second-order valence-corrected chi connectivity index (χ2v) is 5.63. The number of aliphatic hydroxyl groups is 1. The first-order valence-corrected chi connectivity index (χ1v) is 7.53. The zero-order chi connectivity index (χ0) is 13.8. The van der Waals surface area contributed by atoms with Gasteiger partial charge in [0.15, 0.2) is 0 Å². The van der Waals surface area contributed by atoms with Crippen molar-refractivity contribution in [1.82, 2.24) is 0 Å². The quantitative estimate of drug-likeness (QED) is 0.767. The largest absolute Gasteiger partial charge is 0.493 e. The van der Waals surface area contributed by atoms with Crippen LogP contribution in [-0.4, -0.2) is 11.7 Å². The van der Waals surface area contributed by atoms with Crippen LogP contribution in [0.4, 0.5) is 0 Å². The van der Waals surface area contributed by atoms with Crippen LogP contribution in [0, 0.1) is 0 Å². The van der Waals surface area contributed by atoms with Gasteiger partial charge in [-0.05, 0) is 28.3 Å². The highest BCUT2D eigenvalue weighted by Gasteiger charge is 2.07. The van der Waals surface area contributed by atoms with Gasteiger partial charge in [0.05, 0.1) is 13.2 Å². The third kappa shape index (κ3) is 2.69. The van der Waals surface area contributed by atoms with E-state index in [4.69, 9.17) is 4.74 Å². The van der Waals surface area contributed by atoms with E-state index in [0.717, 1.165) is 28.5 Å². The number of ether oxygens (including phenoxy) is 1. The standard InChI is InChI=1S/C17H16O2S/c18-12-16-15-6-2-1-4-13(15)7-8-17(16)19-10-9-14-5-3-11-20-14/h1-8,11,18H,9-10,12H2. The van der Waals surface area contributed by atoms with Crippen LogP contribution in [-0.2, 0) is 13.0 Å². The average Bonchev–Trinajstić information content (AvgIpc) is 3.00. The molecule has 0 aliphatic rings. The number of hydrogen-bond donors (Lipinski definition) is 1. The molecule has 0 aliphatic heterocycles. The maximum atomic E-state index is 9.62. The fraction of sp³-hybridized carbons (Fsp3) is 0.176. The molecule has 0 fully saturated rings. The molecule has 0 amide bonds. The highest BCUT2D eigenvalue weighted by molar-refractivity contribution is 7.09. The van der Waals surface area contributed by atoms with Gasteiger partial charge < -0.3 is 9.84 Å². The zero-order valence-corrected chi connectivity index (χ0v) is 11.9. The molecule has 1 heterocycles. The molecule has 0 atom stereocenters. The van der Waals surface area contributed by atoms with Crippen molar-refractivity contribution in [3.8, 4) is 5.75 Å². The van der Waals surface area contributed by atoms with Gasteiger partial charge in [0, 0.05) is 16.9 Å². The van der Waals surface area contributed by atoms with E-state index in [1.807, 2.05) is 36.4 Å². The summed E-state index contributed by atoms with van der Waals surface area (Å²) in [5.41, 5.74) is 0.870. The Morgan fingerprint density at radius 3 is 2.70 bits per heavy atom. The highest BCUT2D eigenvalue weighted by atomic mass is 32.1. The first kappa shape index (κ1) is 13.2. The molecule has 102 valence electrons. The average molecular weight is 284 g/mol. The van der Waals surface area contributed by atoms with Crippen LogP contribution in [0.2, 0.25) is 0 Å². The maximum absolute atomic E-state index is 9.62. The van der Waals surface area contributed by atoms with E-state index in [-0.39, 0.29) is 6.61 Å². The van der Waals surface area contributed by atoms with Crippen LogP contribution < -0.4 is 4.74 Å². The minimum absolute atomic E-state index is 0.00428. The lowest BCUT2D eigenvalue weighted by Gasteiger charge is -2.12. The molecule has 3 rings (SSSR count). The molecule has 0 unspecified atom stereocenters. The molecule has 0 saturated carbocycles. The number of hydrogen-bond acceptors (Lipinski definition) is 3. The molecular weight excluding hydrogens is 268 g/mol. The first-order chi connectivity index (χ1) is 9.88. The summed E-state index contributed by atoms with van der Waals surface area (Å²) in [5.74, 6) is 0.780. The fourth-order valence-electron chi connectivity index (χ4n) is 2.33. The number of benzene rings is 2. The molecule has 0 radical (unpaired) electrons. The molecular formula is C17H16O2S. The molecule has 0 bridgehead atoms. The van der Waals surface area contributed by atoms with Crippen molar-refractivity contribution in [2.45, 2.75) is 13.0 Å². The van der Waals surface area contributed by atoms with Crippen LogP contribution in [0.15, 0.2) is 53.9 Å². The summed E-state index contributed by atoms with van der Waals surface area (Å²) < 4.78 is 5.86. The third-order valence-electron chi connectivity index (χ3n) is 3.34. The lowest BCUT2D eigenvalue weighted by atomic mass is 10.0. The Labute approximate surface area is 122 Å². The minimum Gasteiger partial charge on any atom is -0.493 e. The molecule has 1 aromatic heterocycles. The normalized spacial score (nSPS) is 10.8. The SMILES string of the molecule is OCc1c(OCCc2cccs2)ccc2ccccc12. The fourth-order valence-corrected chi connectivity index (χ4v) is 3.02. The topological polar surface area (TPSA) is 29.5 Å². The second-order valence-electron chi connectivity index (χ2n) is 4.60. The van der Waals surface area contributed by atoms with E-state index in [2.05, 4.69) is 17.5 Å². The van der Waals surface area contributed by atoms with E-state index >= 15 is 0 Å². The van der Waals surface area contributed by atoms with Gasteiger partial charge in [-0.15, -0.1) is 11.3 Å². The molecule has 0 aliphatic carbocycles. The molecule has 20 heavy (non-hydrogen) atoms. The van der Waals surface area contributed by atoms with Crippen LogP contribution >= 0.6 is 11.3 Å². The number of thiophene rings is 1. The highest BCUT2D eigenvalue weighted by Crippen LogP contribution is 2.28.